The molecule has 0 unspecified atom stereocenters. The molecule has 2 atom stereocenters. The first-order valence-corrected chi connectivity index (χ1v) is 13.7. The first kappa shape index (κ1) is 23.5. The molecule has 186 valence electrons. The molecule has 1 aliphatic heterocycles. The van der Waals surface area contributed by atoms with Crippen LogP contribution in [0.4, 0.5) is 10.1 Å². The number of fused-ring (bicyclic) bond motifs is 1. The van der Waals surface area contributed by atoms with Gasteiger partial charge in [-0.1, -0.05) is 30.3 Å². The zero-order valence-corrected chi connectivity index (χ0v) is 20.9. The first-order valence-electron chi connectivity index (χ1n) is 11.4. The van der Waals surface area contributed by atoms with E-state index in [2.05, 4.69) is 10.1 Å². The second-order valence-electron chi connectivity index (χ2n) is 8.77. The number of hydrogen-bond acceptors (Lipinski definition) is 6. The first-order chi connectivity index (χ1) is 17.8. The van der Waals surface area contributed by atoms with Gasteiger partial charge in [0.05, 0.1) is 34.6 Å². The molecule has 11 heteroatoms. The lowest BCUT2D eigenvalue weighted by Gasteiger charge is -2.28. The smallest absolute Gasteiger partial charge is 0.249 e. The summed E-state index contributed by atoms with van der Waals surface area (Å²) in [5.41, 5.74) is 3.13. The van der Waals surface area contributed by atoms with E-state index < -0.39 is 16.1 Å². The molecule has 0 spiro atoms. The number of hydrogen-bond donors (Lipinski definition) is 1. The minimum atomic E-state index is -3.89. The predicted molar refractivity (Wildman–Crippen MR) is 139 cm³/mol. The van der Waals surface area contributed by atoms with Crippen molar-refractivity contribution < 1.29 is 17.6 Å². The van der Waals surface area contributed by atoms with E-state index in [1.54, 1.807) is 27.9 Å². The van der Waals surface area contributed by atoms with Crippen LogP contribution in [0.2, 0.25) is 0 Å². The van der Waals surface area contributed by atoms with Crippen LogP contribution >= 0.6 is 11.3 Å². The summed E-state index contributed by atoms with van der Waals surface area (Å²) in [7, 11) is -3.89. The van der Waals surface area contributed by atoms with Crippen molar-refractivity contribution in [3.05, 3.63) is 102 Å². The number of nitrogens with zero attached hydrogens (tertiary/aromatic N) is 4. The number of anilines is 1. The molecule has 0 saturated carbocycles. The molecule has 3 heterocycles. The van der Waals surface area contributed by atoms with Crippen LogP contribution in [-0.2, 0) is 14.8 Å². The zero-order valence-electron chi connectivity index (χ0n) is 19.2. The molecular formula is C26H20FN5O3S2. The monoisotopic (exact) mass is 533 g/mol. The number of thiazole rings is 1. The van der Waals surface area contributed by atoms with Crippen LogP contribution in [0.15, 0.2) is 89.4 Å². The second-order valence-corrected chi connectivity index (χ2v) is 11.6. The molecule has 2 N–H and O–H groups in total. The minimum absolute atomic E-state index is 0.0326. The van der Waals surface area contributed by atoms with Gasteiger partial charge < -0.3 is 4.90 Å². The van der Waals surface area contributed by atoms with Gasteiger partial charge in [0.15, 0.2) is 4.21 Å². The van der Waals surface area contributed by atoms with Crippen LogP contribution in [-0.4, -0.2) is 29.1 Å². The van der Waals surface area contributed by atoms with Gasteiger partial charge in [-0.25, -0.2) is 27.6 Å². The molecule has 3 aromatic carbocycles. The van der Waals surface area contributed by atoms with Gasteiger partial charge >= 0.3 is 0 Å². The van der Waals surface area contributed by atoms with E-state index >= 15 is 0 Å². The molecule has 0 bridgehead atoms. The lowest BCUT2D eigenvalue weighted by Crippen LogP contribution is -2.28. The summed E-state index contributed by atoms with van der Waals surface area (Å²) >= 11 is 0.996. The summed E-state index contributed by atoms with van der Waals surface area (Å²) in [6, 6.07) is 20.9. The van der Waals surface area contributed by atoms with Crippen molar-refractivity contribution in [1.82, 2.24) is 14.8 Å². The van der Waals surface area contributed by atoms with Crippen molar-refractivity contribution in [1.29, 1.82) is 0 Å². The molecule has 5 aromatic rings. The quantitative estimate of drug-likeness (QED) is 0.357. The number of carbonyl (C=O) groups is 1. The van der Waals surface area contributed by atoms with Gasteiger partial charge in [0, 0.05) is 23.4 Å². The number of aromatic nitrogens is 3. The van der Waals surface area contributed by atoms with Crippen molar-refractivity contribution >= 4 is 43.9 Å². The van der Waals surface area contributed by atoms with Gasteiger partial charge in [-0.15, -0.1) is 11.3 Å². The molecular weight excluding hydrogens is 513 g/mol. The Labute approximate surface area is 215 Å². The Morgan fingerprint density at radius 1 is 0.973 bits per heavy atom. The Morgan fingerprint density at radius 2 is 1.70 bits per heavy atom. The fourth-order valence-corrected chi connectivity index (χ4v) is 6.53. The SMILES string of the molecule is NS(=O)(=O)c1cnc([C@H]2CC(=O)N(c3ccc4c(cnn4-c4ccc(F)cc4)c3)[C@H]2c2ccccc2)s1. The zero-order chi connectivity index (χ0) is 25.7. The van der Waals surface area contributed by atoms with E-state index in [-0.39, 0.29) is 28.3 Å². The Kier molecular flexibility index (Phi) is 5.63. The number of nitrogens with two attached hydrogens (primary N) is 1. The highest BCUT2D eigenvalue weighted by atomic mass is 32.2. The number of carbonyl (C=O) groups excluding carboxylic acids is 1. The third kappa shape index (κ3) is 4.20. The molecule has 1 amide bonds. The van der Waals surface area contributed by atoms with Gasteiger partial charge in [-0.05, 0) is 48.0 Å². The number of amides is 1. The van der Waals surface area contributed by atoms with Gasteiger partial charge in [-0.3, -0.25) is 4.79 Å². The Balaban J connectivity index is 1.43. The second kappa shape index (κ2) is 8.87. The van der Waals surface area contributed by atoms with Gasteiger partial charge in [0.2, 0.25) is 15.9 Å². The Hall–Kier alpha value is -3.93. The molecule has 2 aromatic heterocycles. The fraction of sp³-hybridized carbons (Fsp3) is 0.115. The third-order valence-corrected chi connectivity index (χ3v) is 9.00. The maximum absolute atomic E-state index is 13.4. The highest BCUT2D eigenvalue weighted by molar-refractivity contribution is 7.91. The molecule has 6 rings (SSSR count). The predicted octanol–water partition coefficient (Wildman–Crippen LogP) is 4.53. The van der Waals surface area contributed by atoms with Gasteiger partial charge in [0.1, 0.15) is 5.82 Å². The van der Waals surface area contributed by atoms with Gasteiger partial charge in [-0.2, -0.15) is 5.10 Å². The molecule has 1 saturated heterocycles. The average molecular weight is 534 g/mol. The van der Waals surface area contributed by atoms with Crippen LogP contribution in [0.5, 0.6) is 0 Å². The highest BCUT2D eigenvalue weighted by Gasteiger charge is 2.44. The lowest BCUT2D eigenvalue weighted by atomic mass is 9.94. The van der Waals surface area contributed by atoms with E-state index in [1.165, 1.54) is 18.3 Å². The molecule has 37 heavy (non-hydrogen) atoms. The summed E-state index contributed by atoms with van der Waals surface area (Å²) in [4.78, 5) is 19.5. The van der Waals surface area contributed by atoms with Crippen LogP contribution in [0, 0.1) is 5.82 Å². The van der Waals surface area contributed by atoms with Crippen molar-refractivity contribution in [3.8, 4) is 5.69 Å². The fourth-order valence-electron chi connectivity index (χ4n) is 4.83. The summed E-state index contributed by atoms with van der Waals surface area (Å²) in [5, 5.41) is 11.1. The third-order valence-electron chi connectivity index (χ3n) is 6.46. The van der Waals surface area contributed by atoms with E-state index in [4.69, 9.17) is 5.14 Å². The van der Waals surface area contributed by atoms with E-state index in [0.29, 0.717) is 10.7 Å². The van der Waals surface area contributed by atoms with E-state index in [1.807, 2.05) is 48.5 Å². The van der Waals surface area contributed by atoms with Crippen molar-refractivity contribution in [2.75, 3.05) is 4.90 Å². The molecule has 1 fully saturated rings. The van der Waals surface area contributed by atoms with Crippen LogP contribution in [0.25, 0.3) is 16.6 Å². The largest absolute Gasteiger partial charge is 0.304 e. The summed E-state index contributed by atoms with van der Waals surface area (Å²) in [6.07, 6.45) is 3.13. The maximum Gasteiger partial charge on any atom is 0.249 e. The maximum atomic E-state index is 13.4. The summed E-state index contributed by atoms with van der Waals surface area (Å²) < 4.78 is 38.8. The van der Waals surface area contributed by atoms with Crippen molar-refractivity contribution in [3.63, 3.8) is 0 Å². The molecule has 8 nitrogen and oxygen atoms in total. The normalized spacial score (nSPS) is 18.1. The number of benzene rings is 3. The van der Waals surface area contributed by atoms with E-state index in [0.717, 1.165) is 33.5 Å². The number of sulfonamides is 1. The van der Waals surface area contributed by atoms with Crippen LogP contribution in [0.1, 0.15) is 29.0 Å². The van der Waals surface area contributed by atoms with Crippen LogP contribution < -0.4 is 10.0 Å². The van der Waals surface area contributed by atoms with Crippen molar-refractivity contribution in [2.24, 2.45) is 5.14 Å². The molecule has 0 aliphatic carbocycles. The summed E-state index contributed by atoms with van der Waals surface area (Å²) in [5.74, 6) is -0.780. The topological polar surface area (TPSA) is 111 Å². The number of primary sulfonamides is 1. The van der Waals surface area contributed by atoms with Gasteiger partial charge in [0.25, 0.3) is 0 Å². The van der Waals surface area contributed by atoms with Crippen LogP contribution in [0.3, 0.4) is 0 Å². The molecule has 1 aliphatic rings. The Bertz CT molecular complexity index is 1730. The molecule has 0 radical (unpaired) electrons. The number of rotatable bonds is 5. The number of halogens is 1. The van der Waals surface area contributed by atoms with E-state index in [9.17, 15) is 17.6 Å². The standard InChI is InChI=1S/C26H20FN5O3S2/c27-18-6-8-19(9-7-18)32-22-11-10-20(12-17(22)14-30-32)31-23(33)13-21(25(31)16-4-2-1-3-5-16)26-29-15-24(36-26)37(28,34)35/h1-12,14-15,21,25H,13H2,(H2,28,34,35)/t21-,25-/m0/s1. The highest BCUT2D eigenvalue weighted by Crippen LogP contribution is 2.48. The summed E-state index contributed by atoms with van der Waals surface area (Å²) in [6.45, 7) is 0. The lowest BCUT2D eigenvalue weighted by molar-refractivity contribution is -0.117. The minimum Gasteiger partial charge on any atom is -0.304 e. The average Bonchev–Trinajstić information content (AvgIpc) is 3.61. The van der Waals surface area contributed by atoms with Crippen molar-refractivity contribution in [2.45, 2.75) is 22.6 Å². The Morgan fingerprint density at radius 3 is 2.41 bits per heavy atom.